The summed E-state index contributed by atoms with van der Waals surface area (Å²) < 4.78 is 64.3. The molecule has 0 heterocycles. The molecule has 0 amide bonds. The van der Waals surface area contributed by atoms with E-state index in [1.165, 1.54) is 89.9 Å². The van der Waals surface area contributed by atoms with E-state index < -0.39 is 43.8 Å². The van der Waals surface area contributed by atoms with Crippen LogP contribution in [-0.2, 0) is 38.7 Å². The fourth-order valence-electron chi connectivity index (χ4n) is 4.73. The van der Waals surface area contributed by atoms with Gasteiger partial charge in [-0.25, -0.2) is 0 Å². The second kappa shape index (κ2) is 31.0. The number of carbonyl (C=O) groups excluding carboxylic acids is 2. The molecule has 0 aliphatic carbocycles. The predicted molar refractivity (Wildman–Crippen MR) is 179 cm³/mol. The van der Waals surface area contributed by atoms with Crippen LogP contribution in [0.4, 0.5) is 0 Å². The van der Waals surface area contributed by atoms with Gasteiger partial charge in [-0.05, 0) is 25.0 Å². The molecule has 0 saturated heterocycles. The average molecular weight is 715 g/mol. The Balaban J connectivity index is 0. The fourth-order valence-corrected chi connectivity index (χ4v) is 6.35. The zero-order chi connectivity index (χ0) is 34.5. The number of benzene rings is 1. The van der Waals surface area contributed by atoms with E-state index in [1.54, 1.807) is 30.3 Å². The van der Waals surface area contributed by atoms with E-state index in [1.807, 2.05) is 0 Å². The molecule has 0 bridgehead atoms. The summed E-state index contributed by atoms with van der Waals surface area (Å²) in [6, 6.07) is 8.33. The van der Waals surface area contributed by atoms with Crippen LogP contribution < -0.4 is 34.7 Å². The van der Waals surface area contributed by atoms with E-state index in [0.29, 0.717) is 6.42 Å². The Labute approximate surface area is 307 Å². The second-order valence-corrected chi connectivity index (χ2v) is 14.9. The normalized spacial score (nSPS) is 12.0. The van der Waals surface area contributed by atoms with Crippen LogP contribution in [0.5, 0.6) is 0 Å². The first-order chi connectivity index (χ1) is 22.0. The molecule has 0 saturated carbocycles. The molecule has 10 nitrogen and oxygen atoms in total. The molecule has 0 fully saturated rings. The Kier molecular flexibility index (Phi) is 31.7. The van der Waals surface area contributed by atoms with Crippen LogP contribution >= 0.6 is 0 Å². The number of ether oxygens (including phenoxy) is 1. The smallest absolute Gasteiger partial charge is 0.550 e. The Morgan fingerprint density at radius 2 is 1.04 bits per heavy atom. The van der Waals surface area contributed by atoms with Gasteiger partial charge < -0.3 is 14.6 Å². The number of unbranched alkanes of at least 4 members (excludes halogenated alkanes) is 18. The van der Waals surface area contributed by atoms with Gasteiger partial charge in [0.1, 0.15) is 0 Å². The monoisotopic (exact) mass is 714 g/mol. The summed E-state index contributed by atoms with van der Waals surface area (Å²) in [7, 11) is -8.39. The van der Waals surface area contributed by atoms with Gasteiger partial charge in [0.15, 0.2) is 5.25 Å². The van der Waals surface area contributed by atoms with Crippen LogP contribution in [0, 0.1) is 0 Å². The predicted octanol–water partition coefficient (Wildman–Crippen LogP) is 4.16. The van der Waals surface area contributed by atoms with Gasteiger partial charge in [-0.2, -0.15) is 16.8 Å². The zero-order valence-corrected chi connectivity index (χ0v) is 32.8. The van der Waals surface area contributed by atoms with Crippen LogP contribution in [0.2, 0.25) is 0 Å². The first kappa shape index (κ1) is 48.1. The third-order valence-corrected chi connectivity index (χ3v) is 9.89. The van der Waals surface area contributed by atoms with Gasteiger partial charge >= 0.3 is 35.5 Å². The molecular formula is C34H59NaO10S2. The third kappa shape index (κ3) is 28.5. The number of rotatable bonds is 28. The van der Waals surface area contributed by atoms with Gasteiger partial charge in [-0.3, -0.25) is 13.5 Å². The van der Waals surface area contributed by atoms with E-state index in [-0.39, 0.29) is 47.7 Å². The Hall–Kier alpha value is -1.02. The topological polar surface area (TPSA) is 164 Å². The molecule has 0 aromatic heterocycles. The van der Waals surface area contributed by atoms with E-state index in [2.05, 4.69) is 13.8 Å². The number of carboxylic acid groups (broad SMARTS) is 1. The molecule has 1 aromatic carbocycles. The van der Waals surface area contributed by atoms with Gasteiger partial charge in [0.25, 0.3) is 20.2 Å². The molecule has 13 heteroatoms. The van der Waals surface area contributed by atoms with Crippen molar-refractivity contribution >= 4 is 32.2 Å². The average Bonchev–Trinajstić information content (AvgIpc) is 3.01. The van der Waals surface area contributed by atoms with Crippen molar-refractivity contribution in [2.24, 2.45) is 0 Å². The Morgan fingerprint density at radius 3 is 1.43 bits per heavy atom. The molecule has 268 valence electrons. The molecule has 0 aliphatic rings. The van der Waals surface area contributed by atoms with Gasteiger partial charge in [0.05, 0.1) is 18.1 Å². The zero-order valence-electron chi connectivity index (χ0n) is 29.2. The van der Waals surface area contributed by atoms with Crippen molar-refractivity contribution in [1.82, 2.24) is 0 Å². The number of hydrogen-bond acceptors (Lipinski definition) is 9. The number of hydrogen-bond donors (Lipinski definition) is 1. The van der Waals surface area contributed by atoms with Gasteiger partial charge in [0.2, 0.25) is 0 Å². The van der Waals surface area contributed by atoms with Gasteiger partial charge in [-0.1, -0.05) is 148 Å². The summed E-state index contributed by atoms with van der Waals surface area (Å²) in [5.74, 6) is -2.99. The molecule has 1 atom stereocenters. The molecule has 1 rings (SSSR count). The molecule has 47 heavy (non-hydrogen) atoms. The number of aliphatic carboxylic acids is 1. The maximum absolute atomic E-state index is 11.9. The number of esters is 1. The van der Waals surface area contributed by atoms with E-state index in [4.69, 9.17) is 13.5 Å². The standard InChI is InChI=1S/C18H30O3S.C16H30O7S.Na/c1-2-3-4-5-6-7-8-9-10-14-17-21-22(19,20)18-15-12-11-13-16-18;1-2-3-4-5-6-7-8-9-10-11-12-23-16(19)14(13-15(17)18)24(20,21)22;/h11-13,15-16H,2-10,14,17H2,1H3;14H,2-13H2,1H3,(H,17,18)(H,20,21,22);/q;;+1/p-1. The molecule has 0 spiro atoms. The van der Waals surface area contributed by atoms with Crippen LogP contribution in [0.1, 0.15) is 149 Å². The van der Waals surface area contributed by atoms with Crippen LogP contribution in [0.3, 0.4) is 0 Å². The van der Waals surface area contributed by atoms with Gasteiger partial charge in [0, 0.05) is 12.4 Å². The van der Waals surface area contributed by atoms with Crippen molar-refractivity contribution in [2.75, 3.05) is 13.2 Å². The van der Waals surface area contributed by atoms with Crippen molar-refractivity contribution in [3.05, 3.63) is 30.3 Å². The summed E-state index contributed by atoms with van der Waals surface area (Å²) in [4.78, 5) is 22.2. The van der Waals surface area contributed by atoms with Crippen LogP contribution in [0.15, 0.2) is 35.2 Å². The molecule has 1 N–H and O–H groups in total. The minimum Gasteiger partial charge on any atom is -0.550 e. The molecule has 0 aliphatic heterocycles. The largest absolute Gasteiger partial charge is 1.00 e. The van der Waals surface area contributed by atoms with Crippen molar-refractivity contribution in [3.8, 4) is 0 Å². The molecular weight excluding hydrogens is 655 g/mol. The third-order valence-electron chi connectivity index (χ3n) is 7.48. The number of carboxylic acids is 1. The first-order valence-electron chi connectivity index (χ1n) is 17.2. The van der Waals surface area contributed by atoms with Gasteiger partial charge in [-0.15, -0.1) is 0 Å². The van der Waals surface area contributed by atoms with Crippen molar-refractivity contribution in [2.45, 2.75) is 159 Å². The molecule has 0 radical (unpaired) electrons. The minimum absolute atomic E-state index is 0. The minimum atomic E-state index is -4.82. The molecule has 1 unspecified atom stereocenters. The summed E-state index contributed by atoms with van der Waals surface area (Å²) in [5.41, 5.74) is 0. The molecule has 1 aromatic rings. The van der Waals surface area contributed by atoms with Crippen LogP contribution in [-0.4, -0.2) is 51.8 Å². The number of carbonyl (C=O) groups is 2. The van der Waals surface area contributed by atoms with E-state index in [9.17, 15) is 31.5 Å². The van der Waals surface area contributed by atoms with E-state index >= 15 is 0 Å². The van der Waals surface area contributed by atoms with Crippen LogP contribution in [0.25, 0.3) is 0 Å². The van der Waals surface area contributed by atoms with E-state index in [0.717, 1.165) is 32.1 Å². The van der Waals surface area contributed by atoms with Crippen molar-refractivity contribution in [3.63, 3.8) is 0 Å². The Bertz CT molecular complexity index is 1110. The van der Waals surface area contributed by atoms with Crippen molar-refractivity contribution in [1.29, 1.82) is 0 Å². The summed E-state index contributed by atoms with van der Waals surface area (Å²) in [6.07, 6.45) is 22.2. The summed E-state index contributed by atoms with van der Waals surface area (Å²) >= 11 is 0. The first-order valence-corrected chi connectivity index (χ1v) is 20.1. The maximum atomic E-state index is 11.9. The van der Waals surface area contributed by atoms with Crippen molar-refractivity contribution < 1.29 is 74.6 Å². The summed E-state index contributed by atoms with van der Waals surface area (Å²) in [6.45, 7) is 4.71. The maximum Gasteiger partial charge on any atom is 1.00 e. The quantitative estimate of drug-likeness (QED) is 0.0438. The fraction of sp³-hybridized carbons (Fsp3) is 0.765. The Morgan fingerprint density at radius 1 is 0.660 bits per heavy atom. The SMILES string of the molecule is CCCCCCCCCCCCOC(=O)C(CC(=O)[O-])S(=O)(=O)O.CCCCCCCCCCCCOS(=O)(=O)c1ccccc1.[Na+]. The summed E-state index contributed by atoms with van der Waals surface area (Å²) in [5, 5.41) is 8.31. The second-order valence-electron chi connectivity index (χ2n) is 11.7.